The van der Waals surface area contributed by atoms with Gasteiger partial charge in [0.05, 0.1) is 0 Å². The maximum absolute atomic E-state index is 12.4. The molecule has 3 rings (SSSR count). The number of carbonyl (C=O) groups is 3. The van der Waals surface area contributed by atoms with Gasteiger partial charge in [0.1, 0.15) is 5.58 Å². The van der Waals surface area contributed by atoms with Gasteiger partial charge in [-0.3, -0.25) is 9.59 Å². The van der Waals surface area contributed by atoms with Gasteiger partial charge in [-0.2, -0.15) is 0 Å². The van der Waals surface area contributed by atoms with Crippen LogP contribution in [0.2, 0.25) is 0 Å². The smallest absolute Gasteiger partial charge is 0.375 e. The number of anilines is 2. The van der Waals surface area contributed by atoms with Crippen LogP contribution in [-0.2, 0) is 14.3 Å². The predicted molar refractivity (Wildman–Crippen MR) is 105 cm³/mol. The molecule has 1 heterocycles. The van der Waals surface area contributed by atoms with Crippen molar-refractivity contribution in [3.05, 3.63) is 59.9 Å². The molecule has 28 heavy (non-hydrogen) atoms. The van der Waals surface area contributed by atoms with Crippen molar-refractivity contribution in [2.24, 2.45) is 0 Å². The van der Waals surface area contributed by atoms with Crippen molar-refractivity contribution >= 4 is 40.1 Å². The summed E-state index contributed by atoms with van der Waals surface area (Å²) in [6.07, 6.45) is -1.02. The van der Waals surface area contributed by atoms with Crippen molar-refractivity contribution in [3.8, 4) is 0 Å². The van der Waals surface area contributed by atoms with Crippen LogP contribution >= 0.6 is 0 Å². The van der Waals surface area contributed by atoms with Gasteiger partial charge in [-0.25, -0.2) is 4.79 Å². The van der Waals surface area contributed by atoms with Crippen molar-refractivity contribution in [1.82, 2.24) is 0 Å². The molecule has 144 valence electrons. The molecule has 2 amide bonds. The van der Waals surface area contributed by atoms with Gasteiger partial charge in [-0.1, -0.05) is 18.2 Å². The molecule has 0 aliphatic rings. The Morgan fingerprint density at radius 1 is 0.964 bits per heavy atom. The molecular formula is C21H20N2O5. The molecule has 0 saturated heterocycles. The second-order valence-corrected chi connectivity index (χ2v) is 6.35. The molecular weight excluding hydrogens is 360 g/mol. The third-order valence-electron chi connectivity index (χ3n) is 4.15. The first-order chi connectivity index (χ1) is 13.3. The Balaban J connectivity index is 1.64. The number of rotatable bonds is 5. The van der Waals surface area contributed by atoms with Gasteiger partial charge in [-0.15, -0.1) is 0 Å². The lowest BCUT2D eigenvalue weighted by Gasteiger charge is -2.13. The summed E-state index contributed by atoms with van der Waals surface area (Å²) >= 11 is 0. The number of fused-ring (bicyclic) bond motifs is 1. The highest BCUT2D eigenvalue weighted by Crippen LogP contribution is 2.25. The van der Waals surface area contributed by atoms with Crippen LogP contribution in [0.4, 0.5) is 11.4 Å². The summed E-state index contributed by atoms with van der Waals surface area (Å²) in [7, 11) is 0. The first-order valence-corrected chi connectivity index (χ1v) is 8.73. The average molecular weight is 380 g/mol. The lowest BCUT2D eigenvalue weighted by Crippen LogP contribution is -2.30. The van der Waals surface area contributed by atoms with E-state index in [-0.39, 0.29) is 11.7 Å². The number of hydrogen-bond acceptors (Lipinski definition) is 5. The Labute approximate surface area is 161 Å². The number of furan rings is 1. The molecule has 1 atom stereocenters. The summed E-state index contributed by atoms with van der Waals surface area (Å²) in [5.74, 6) is -1.27. The minimum Gasteiger partial charge on any atom is -0.449 e. The zero-order valence-corrected chi connectivity index (χ0v) is 15.7. The van der Waals surface area contributed by atoms with Crippen LogP contribution in [0.15, 0.2) is 52.9 Å². The first-order valence-electron chi connectivity index (χ1n) is 8.73. The van der Waals surface area contributed by atoms with E-state index >= 15 is 0 Å². The van der Waals surface area contributed by atoms with Crippen LogP contribution in [0.3, 0.4) is 0 Å². The fourth-order valence-electron chi connectivity index (χ4n) is 2.72. The Hall–Kier alpha value is -3.61. The van der Waals surface area contributed by atoms with Crippen molar-refractivity contribution in [2.45, 2.75) is 26.9 Å². The van der Waals surface area contributed by atoms with Gasteiger partial charge >= 0.3 is 5.97 Å². The average Bonchev–Trinajstić information content (AvgIpc) is 3.00. The normalized spacial score (nSPS) is 11.7. The minimum atomic E-state index is -1.02. The number of carbonyl (C=O) groups excluding carboxylic acids is 3. The summed E-state index contributed by atoms with van der Waals surface area (Å²) in [5, 5.41) is 6.12. The second-order valence-electron chi connectivity index (χ2n) is 6.35. The summed E-state index contributed by atoms with van der Waals surface area (Å²) in [5.41, 5.74) is 2.39. The van der Waals surface area contributed by atoms with Crippen molar-refractivity contribution in [3.63, 3.8) is 0 Å². The summed E-state index contributed by atoms with van der Waals surface area (Å²) in [6, 6.07) is 13.9. The van der Waals surface area contributed by atoms with E-state index in [9.17, 15) is 14.4 Å². The number of nitrogens with one attached hydrogen (secondary N) is 2. The Morgan fingerprint density at radius 3 is 2.18 bits per heavy atom. The largest absolute Gasteiger partial charge is 0.449 e. The molecule has 7 heteroatoms. The highest BCUT2D eigenvalue weighted by atomic mass is 16.6. The quantitative estimate of drug-likeness (QED) is 0.655. The molecule has 3 aromatic rings. The number of esters is 1. The number of hydrogen-bond donors (Lipinski definition) is 2. The van der Waals surface area contributed by atoms with Gasteiger partial charge in [0, 0.05) is 29.2 Å². The summed E-state index contributed by atoms with van der Waals surface area (Å²) in [4.78, 5) is 35.8. The lowest BCUT2D eigenvalue weighted by atomic mass is 10.1. The van der Waals surface area contributed by atoms with E-state index in [0.717, 1.165) is 5.39 Å². The minimum absolute atomic E-state index is 0.0838. The Bertz CT molecular complexity index is 1040. The fraction of sp³-hybridized carbons (Fsp3) is 0.190. The standard InChI is InChI=1S/C21H20N2O5/c1-12-17-6-4-5-7-18(17)28-19(12)21(26)27-13(2)20(25)23-16-10-8-15(9-11-16)22-14(3)24/h4-11,13H,1-3H3,(H,22,24)(H,23,25)/t13-/m1/s1. The SMILES string of the molecule is CC(=O)Nc1ccc(NC(=O)[C@@H](C)OC(=O)c2oc3ccccc3c2C)cc1. The highest BCUT2D eigenvalue weighted by molar-refractivity contribution is 5.99. The number of benzene rings is 2. The molecule has 0 unspecified atom stereocenters. The van der Waals surface area contributed by atoms with Crippen LogP contribution in [0.5, 0.6) is 0 Å². The third-order valence-corrected chi connectivity index (χ3v) is 4.15. The van der Waals surface area contributed by atoms with E-state index in [1.807, 2.05) is 18.2 Å². The van der Waals surface area contributed by atoms with E-state index < -0.39 is 18.0 Å². The maximum Gasteiger partial charge on any atom is 0.375 e. The Morgan fingerprint density at radius 2 is 1.57 bits per heavy atom. The topological polar surface area (TPSA) is 97.6 Å². The zero-order valence-electron chi connectivity index (χ0n) is 15.7. The van der Waals surface area contributed by atoms with E-state index in [4.69, 9.17) is 9.15 Å². The van der Waals surface area contributed by atoms with E-state index in [0.29, 0.717) is 22.5 Å². The van der Waals surface area contributed by atoms with Crippen molar-refractivity contribution < 1.29 is 23.5 Å². The van der Waals surface area contributed by atoms with Gasteiger partial charge < -0.3 is 19.8 Å². The maximum atomic E-state index is 12.4. The zero-order chi connectivity index (χ0) is 20.3. The van der Waals surface area contributed by atoms with Crippen LogP contribution in [0.25, 0.3) is 11.0 Å². The van der Waals surface area contributed by atoms with E-state index in [2.05, 4.69) is 10.6 Å². The fourth-order valence-corrected chi connectivity index (χ4v) is 2.72. The molecule has 2 aromatic carbocycles. The Kier molecular flexibility index (Phi) is 5.44. The molecule has 0 saturated carbocycles. The molecule has 0 spiro atoms. The lowest BCUT2D eigenvalue weighted by molar-refractivity contribution is -0.123. The van der Waals surface area contributed by atoms with Crippen LogP contribution in [-0.4, -0.2) is 23.9 Å². The van der Waals surface area contributed by atoms with E-state index in [1.165, 1.54) is 13.8 Å². The van der Waals surface area contributed by atoms with Crippen molar-refractivity contribution in [1.29, 1.82) is 0 Å². The number of para-hydroxylation sites is 1. The monoisotopic (exact) mass is 380 g/mol. The molecule has 1 aromatic heterocycles. The molecule has 0 radical (unpaired) electrons. The third kappa shape index (κ3) is 4.20. The van der Waals surface area contributed by atoms with Gasteiger partial charge in [0.25, 0.3) is 5.91 Å². The second kappa shape index (κ2) is 7.96. The van der Waals surface area contributed by atoms with Crippen LogP contribution in [0.1, 0.15) is 30.0 Å². The van der Waals surface area contributed by atoms with Crippen LogP contribution in [0, 0.1) is 6.92 Å². The van der Waals surface area contributed by atoms with Gasteiger partial charge in [-0.05, 0) is 44.2 Å². The molecule has 2 N–H and O–H groups in total. The van der Waals surface area contributed by atoms with Gasteiger partial charge in [0.15, 0.2) is 6.10 Å². The van der Waals surface area contributed by atoms with Crippen LogP contribution < -0.4 is 10.6 Å². The molecule has 7 nitrogen and oxygen atoms in total. The molecule has 0 aliphatic heterocycles. The molecule has 0 bridgehead atoms. The van der Waals surface area contributed by atoms with E-state index in [1.54, 1.807) is 37.3 Å². The van der Waals surface area contributed by atoms with Crippen molar-refractivity contribution in [2.75, 3.05) is 10.6 Å². The predicted octanol–water partition coefficient (Wildman–Crippen LogP) is 3.88. The van der Waals surface area contributed by atoms with Gasteiger partial charge in [0.2, 0.25) is 11.7 Å². The number of amides is 2. The molecule has 0 fully saturated rings. The number of ether oxygens (including phenoxy) is 1. The summed E-state index contributed by atoms with van der Waals surface area (Å²) < 4.78 is 10.8. The first kappa shape index (κ1) is 19.2. The number of aryl methyl sites for hydroxylation is 1. The molecule has 0 aliphatic carbocycles. The highest BCUT2D eigenvalue weighted by Gasteiger charge is 2.24. The summed E-state index contributed by atoms with van der Waals surface area (Å²) in [6.45, 7) is 4.66.